The molecule has 0 saturated heterocycles. The summed E-state index contributed by atoms with van der Waals surface area (Å²) < 4.78 is 0. The summed E-state index contributed by atoms with van der Waals surface area (Å²) in [7, 11) is 1.97. The van der Waals surface area contributed by atoms with Gasteiger partial charge in [0.1, 0.15) is 0 Å². The first kappa shape index (κ1) is 13.5. The Morgan fingerprint density at radius 1 is 1.27 bits per heavy atom. The SMILES string of the molecule is CC.CNCC(C)(C)CCN. The highest BCUT2D eigenvalue weighted by molar-refractivity contribution is 4.70. The first-order chi connectivity index (χ1) is 5.12. The third-order valence-corrected chi connectivity index (χ3v) is 1.48. The second kappa shape index (κ2) is 8.02. The summed E-state index contributed by atoms with van der Waals surface area (Å²) in [5.74, 6) is 0. The van der Waals surface area contributed by atoms with Crippen LogP contribution in [0.4, 0.5) is 0 Å². The van der Waals surface area contributed by atoms with Crippen molar-refractivity contribution in [2.45, 2.75) is 34.1 Å². The first-order valence-corrected chi connectivity index (χ1v) is 4.47. The van der Waals surface area contributed by atoms with E-state index >= 15 is 0 Å². The van der Waals surface area contributed by atoms with E-state index in [1.165, 1.54) is 0 Å². The summed E-state index contributed by atoms with van der Waals surface area (Å²) in [4.78, 5) is 0. The Morgan fingerprint density at radius 2 is 1.73 bits per heavy atom. The minimum Gasteiger partial charge on any atom is -0.330 e. The van der Waals surface area contributed by atoms with Gasteiger partial charge in [0.2, 0.25) is 0 Å². The van der Waals surface area contributed by atoms with Crippen molar-refractivity contribution in [3.8, 4) is 0 Å². The molecule has 70 valence electrons. The fraction of sp³-hybridized carbons (Fsp3) is 1.00. The Labute approximate surface area is 71.6 Å². The maximum Gasteiger partial charge on any atom is -0.00000130 e. The Morgan fingerprint density at radius 3 is 2.00 bits per heavy atom. The lowest BCUT2D eigenvalue weighted by atomic mass is 9.89. The third-order valence-electron chi connectivity index (χ3n) is 1.48. The second-order valence-electron chi connectivity index (χ2n) is 3.23. The standard InChI is InChI=1S/C7H18N2.C2H6/c1-7(2,4-5-8)6-9-3;1-2/h9H,4-6,8H2,1-3H3;1-2H3. The molecule has 0 aliphatic heterocycles. The fourth-order valence-electron chi connectivity index (χ4n) is 0.958. The van der Waals surface area contributed by atoms with Gasteiger partial charge in [0, 0.05) is 0 Å². The van der Waals surface area contributed by atoms with Gasteiger partial charge in [-0.05, 0) is 32.0 Å². The molecule has 0 aromatic carbocycles. The molecule has 0 heterocycles. The van der Waals surface area contributed by atoms with Crippen molar-refractivity contribution in [3.05, 3.63) is 0 Å². The Hall–Kier alpha value is -0.0800. The van der Waals surface area contributed by atoms with Crippen molar-refractivity contribution in [1.29, 1.82) is 0 Å². The first-order valence-electron chi connectivity index (χ1n) is 4.47. The molecule has 2 nitrogen and oxygen atoms in total. The van der Waals surface area contributed by atoms with Gasteiger partial charge in [-0.25, -0.2) is 0 Å². The molecule has 3 N–H and O–H groups in total. The molecule has 0 atom stereocenters. The zero-order chi connectivity index (χ0) is 9.33. The van der Waals surface area contributed by atoms with Gasteiger partial charge in [-0.1, -0.05) is 27.7 Å². The molecule has 0 unspecified atom stereocenters. The highest BCUT2D eigenvalue weighted by Crippen LogP contribution is 2.16. The van der Waals surface area contributed by atoms with E-state index < -0.39 is 0 Å². The summed E-state index contributed by atoms with van der Waals surface area (Å²) in [5, 5.41) is 3.14. The second-order valence-corrected chi connectivity index (χ2v) is 3.23. The molecule has 11 heavy (non-hydrogen) atoms. The number of nitrogens with one attached hydrogen (secondary N) is 1. The summed E-state index contributed by atoms with van der Waals surface area (Å²) in [5.41, 5.74) is 5.78. The highest BCUT2D eigenvalue weighted by atomic mass is 14.8. The molecule has 0 aromatic heterocycles. The fourth-order valence-corrected chi connectivity index (χ4v) is 0.958. The van der Waals surface area contributed by atoms with Crippen LogP contribution in [-0.2, 0) is 0 Å². The van der Waals surface area contributed by atoms with Crippen LogP contribution in [0, 0.1) is 5.41 Å². The highest BCUT2D eigenvalue weighted by Gasteiger charge is 2.14. The Balaban J connectivity index is 0. The van der Waals surface area contributed by atoms with E-state index in [0.29, 0.717) is 5.41 Å². The average Bonchev–Trinajstić information content (AvgIpc) is 1.91. The van der Waals surface area contributed by atoms with Crippen LogP contribution >= 0.6 is 0 Å². The zero-order valence-electron chi connectivity index (χ0n) is 8.70. The molecular formula is C9H24N2. The lowest BCUT2D eigenvalue weighted by molar-refractivity contribution is 0.330. The molecule has 0 radical (unpaired) electrons. The van der Waals surface area contributed by atoms with E-state index in [0.717, 1.165) is 19.5 Å². The van der Waals surface area contributed by atoms with Crippen LogP contribution in [0.5, 0.6) is 0 Å². The van der Waals surface area contributed by atoms with Gasteiger partial charge in [-0.15, -0.1) is 0 Å². The molecule has 0 bridgehead atoms. The minimum atomic E-state index is 0.365. The average molecular weight is 160 g/mol. The summed E-state index contributed by atoms with van der Waals surface area (Å²) in [6.07, 6.45) is 1.09. The van der Waals surface area contributed by atoms with Crippen molar-refractivity contribution >= 4 is 0 Å². The van der Waals surface area contributed by atoms with Crippen LogP contribution in [0.25, 0.3) is 0 Å². The number of hydrogen-bond donors (Lipinski definition) is 2. The third kappa shape index (κ3) is 9.92. The molecule has 0 rings (SSSR count). The van der Waals surface area contributed by atoms with Crippen LogP contribution in [0.2, 0.25) is 0 Å². The number of hydrogen-bond acceptors (Lipinski definition) is 2. The zero-order valence-corrected chi connectivity index (χ0v) is 8.70. The van der Waals surface area contributed by atoms with Gasteiger partial charge in [0.25, 0.3) is 0 Å². The van der Waals surface area contributed by atoms with Gasteiger partial charge in [-0.2, -0.15) is 0 Å². The minimum absolute atomic E-state index is 0.365. The van der Waals surface area contributed by atoms with Crippen molar-refractivity contribution in [2.24, 2.45) is 11.1 Å². The lowest BCUT2D eigenvalue weighted by Crippen LogP contribution is -2.28. The van der Waals surface area contributed by atoms with Gasteiger partial charge < -0.3 is 11.1 Å². The molecule has 0 spiro atoms. The maximum absolute atomic E-state index is 5.42. The predicted octanol–water partition coefficient (Wildman–Crippen LogP) is 1.61. The molecule has 0 fully saturated rings. The quantitative estimate of drug-likeness (QED) is 0.655. The predicted molar refractivity (Wildman–Crippen MR) is 52.7 cm³/mol. The number of nitrogens with two attached hydrogens (primary N) is 1. The molecule has 0 aliphatic rings. The van der Waals surface area contributed by atoms with E-state index in [2.05, 4.69) is 19.2 Å². The van der Waals surface area contributed by atoms with Crippen LogP contribution < -0.4 is 11.1 Å². The summed E-state index contributed by atoms with van der Waals surface area (Å²) in [6.45, 7) is 10.3. The maximum atomic E-state index is 5.42. The normalized spacial score (nSPS) is 10.4. The topological polar surface area (TPSA) is 38.0 Å². The summed E-state index contributed by atoms with van der Waals surface area (Å²) in [6, 6.07) is 0. The van der Waals surface area contributed by atoms with E-state index in [-0.39, 0.29) is 0 Å². The monoisotopic (exact) mass is 160 g/mol. The van der Waals surface area contributed by atoms with Crippen molar-refractivity contribution < 1.29 is 0 Å². The van der Waals surface area contributed by atoms with Gasteiger partial charge >= 0.3 is 0 Å². The molecule has 2 heteroatoms. The van der Waals surface area contributed by atoms with Crippen LogP contribution in [0.3, 0.4) is 0 Å². The van der Waals surface area contributed by atoms with Gasteiger partial charge in [-0.3, -0.25) is 0 Å². The van der Waals surface area contributed by atoms with E-state index in [1.54, 1.807) is 0 Å². The Kier molecular flexibility index (Phi) is 9.85. The molecule has 0 aliphatic carbocycles. The Bertz CT molecular complexity index is 62.0. The van der Waals surface area contributed by atoms with Crippen molar-refractivity contribution in [2.75, 3.05) is 20.1 Å². The number of rotatable bonds is 4. The van der Waals surface area contributed by atoms with Gasteiger partial charge in [0.05, 0.1) is 0 Å². The van der Waals surface area contributed by atoms with E-state index in [1.807, 2.05) is 20.9 Å². The van der Waals surface area contributed by atoms with Crippen LogP contribution in [0.15, 0.2) is 0 Å². The summed E-state index contributed by atoms with van der Waals surface area (Å²) >= 11 is 0. The van der Waals surface area contributed by atoms with E-state index in [4.69, 9.17) is 5.73 Å². The van der Waals surface area contributed by atoms with Crippen molar-refractivity contribution in [3.63, 3.8) is 0 Å². The van der Waals surface area contributed by atoms with Crippen LogP contribution in [0.1, 0.15) is 34.1 Å². The molecule has 0 amide bonds. The molecular weight excluding hydrogens is 136 g/mol. The van der Waals surface area contributed by atoms with Gasteiger partial charge in [0.15, 0.2) is 0 Å². The van der Waals surface area contributed by atoms with Crippen molar-refractivity contribution in [1.82, 2.24) is 5.32 Å². The molecule has 0 saturated carbocycles. The smallest absolute Gasteiger partial charge is 0.00000130 e. The van der Waals surface area contributed by atoms with Crippen LogP contribution in [-0.4, -0.2) is 20.1 Å². The molecule has 0 aromatic rings. The lowest BCUT2D eigenvalue weighted by Gasteiger charge is -2.22. The largest absolute Gasteiger partial charge is 0.330 e. The van der Waals surface area contributed by atoms with E-state index in [9.17, 15) is 0 Å².